The molecule has 0 aliphatic carbocycles. The number of nitrogens with zero attached hydrogens (tertiary/aromatic N) is 4. The maximum absolute atomic E-state index is 4.59. The number of benzene rings is 2. The number of hydrogen-bond donors (Lipinski definition) is 0. The molecule has 1 aromatic heterocycles. The zero-order valence-electron chi connectivity index (χ0n) is 15.0. The van der Waals surface area contributed by atoms with Crippen LogP contribution in [0.2, 0.25) is 0 Å². The fourth-order valence-electron chi connectivity index (χ4n) is 3.45. The van der Waals surface area contributed by atoms with Crippen LogP contribution in [0.15, 0.2) is 73.1 Å². The molecule has 4 rings (SSSR count). The van der Waals surface area contributed by atoms with E-state index < -0.39 is 0 Å². The smallest absolute Gasteiger partial charge is 0.134 e. The van der Waals surface area contributed by atoms with E-state index in [2.05, 4.69) is 86.5 Å². The molecule has 1 aliphatic rings. The van der Waals surface area contributed by atoms with Crippen molar-refractivity contribution in [3.8, 4) is 0 Å². The molecule has 0 amide bonds. The Morgan fingerprint density at radius 1 is 0.769 bits per heavy atom. The van der Waals surface area contributed by atoms with Crippen LogP contribution in [-0.4, -0.2) is 23.1 Å². The quantitative estimate of drug-likeness (QED) is 0.668. The Hall–Kier alpha value is -2.88. The van der Waals surface area contributed by atoms with Gasteiger partial charge in [-0.3, -0.25) is 0 Å². The van der Waals surface area contributed by atoms with E-state index in [1.165, 1.54) is 24.0 Å². The maximum atomic E-state index is 4.59. The maximum Gasteiger partial charge on any atom is 0.134 e. The highest BCUT2D eigenvalue weighted by Crippen LogP contribution is 2.24. The van der Waals surface area contributed by atoms with Crippen molar-refractivity contribution in [2.45, 2.75) is 25.9 Å². The van der Waals surface area contributed by atoms with E-state index in [4.69, 9.17) is 0 Å². The lowest BCUT2D eigenvalue weighted by Crippen LogP contribution is -2.25. The highest BCUT2D eigenvalue weighted by atomic mass is 15.2. The van der Waals surface area contributed by atoms with E-state index >= 15 is 0 Å². The van der Waals surface area contributed by atoms with Gasteiger partial charge in [-0.05, 0) is 24.0 Å². The summed E-state index contributed by atoms with van der Waals surface area (Å²) in [6.45, 7) is 3.83. The first kappa shape index (κ1) is 16.6. The van der Waals surface area contributed by atoms with Crippen molar-refractivity contribution >= 4 is 11.6 Å². The second-order valence-corrected chi connectivity index (χ2v) is 6.76. The summed E-state index contributed by atoms with van der Waals surface area (Å²) >= 11 is 0. The number of aromatic nitrogens is 2. The molecule has 1 aliphatic heterocycles. The molecule has 0 saturated carbocycles. The molecule has 1 saturated heterocycles. The lowest BCUT2D eigenvalue weighted by molar-refractivity contribution is 0.778. The summed E-state index contributed by atoms with van der Waals surface area (Å²) in [6, 6.07) is 23.3. The summed E-state index contributed by atoms with van der Waals surface area (Å²) in [4.78, 5) is 13.8. The summed E-state index contributed by atoms with van der Waals surface area (Å²) in [7, 11) is 0. The van der Waals surface area contributed by atoms with Gasteiger partial charge in [0.05, 0.1) is 0 Å². The molecule has 1 fully saturated rings. The standard InChI is InChI=1S/C22H24N4/c1-3-9-19(10-4-1)16-26(17-20-11-5-2-6-12-20)22-15-21(23-18-24-22)25-13-7-8-14-25/h1-6,9-12,15,18H,7-8,13-14,16-17H2. The zero-order valence-corrected chi connectivity index (χ0v) is 15.0. The van der Waals surface area contributed by atoms with Crippen LogP contribution < -0.4 is 9.80 Å². The average Bonchev–Trinajstić information content (AvgIpc) is 3.24. The second-order valence-electron chi connectivity index (χ2n) is 6.76. The molecule has 4 nitrogen and oxygen atoms in total. The van der Waals surface area contributed by atoms with Gasteiger partial charge in [0.15, 0.2) is 0 Å². The molecule has 26 heavy (non-hydrogen) atoms. The van der Waals surface area contributed by atoms with Crippen molar-refractivity contribution in [2.24, 2.45) is 0 Å². The molecule has 0 atom stereocenters. The van der Waals surface area contributed by atoms with Gasteiger partial charge in [0, 0.05) is 32.2 Å². The largest absolute Gasteiger partial charge is 0.356 e. The van der Waals surface area contributed by atoms with E-state index in [1.807, 2.05) is 0 Å². The highest BCUT2D eigenvalue weighted by molar-refractivity contribution is 5.51. The first-order valence-corrected chi connectivity index (χ1v) is 9.28. The molecule has 132 valence electrons. The molecular weight excluding hydrogens is 320 g/mol. The first-order valence-electron chi connectivity index (χ1n) is 9.28. The Balaban J connectivity index is 1.62. The second kappa shape index (κ2) is 8.00. The Bertz CT molecular complexity index is 772. The van der Waals surface area contributed by atoms with Crippen molar-refractivity contribution in [3.05, 3.63) is 84.2 Å². The Labute approximate surface area is 155 Å². The van der Waals surface area contributed by atoms with Gasteiger partial charge in [-0.15, -0.1) is 0 Å². The van der Waals surface area contributed by atoms with Gasteiger partial charge in [-0.1, -0.05) is 60.7 Å². The summed E-state index contributed by atoms with van der Waals surface area (Å²) in [5, 5.41) is 0. The molecular formula is C22H24N4. The van der Waals surface area contributed by atoms with Gasteiger partial charge in [-0.2, -0.15) is 0 Å². The van der Waals surface area contributed by atoms with Gasteiger partial charge in [-0.25, -0.2) is 9.97 Å². The summed E-state index contributed by atoms with van der Waals surface area (Å²) < 4.78 is 0. The van der Waals surface area contributed by atoms with Crippen molar-refractivity contribution < 1.29 is 0 Å². The first-order chi connectivity index (χ1) is 12.9. The summed E-state index contributed by atoms with van der Waals surface area (Å²) in [6.07, 6.45) is 4.19. The van der Waals surface area contributed by atoms with Gasteiger partial charge >= 0.3 is 0 Å². The minimum absolute atomic E-state index is 0.826. The summed E-state index contributed by atoms with van der Waals surface area (Å²) in [5.74, 6) is 2.02. The monoisotopic (exact) mass is 344 g/mol. The summed E-state index contributed by atoms with van der Waals surface area (Å²) in [5.41, 5.74) is 2.56. The number of rotatable bonds is 6. The van der Waals surface area contributed by atoms with E-state index in [0.29, 0.717) is 0 Å². The van der Waals surface area contributed by atoms with Crippen molar-refractivity contribution in [1.82, 2.24) is 9.97 Å². The van der Waals surface area contributed by atoms with Crippen LogP contribution in [0, 0.1) is 0 Å². The molecule has 0 spiro atoms. The molecule has 0 bridgehead atoms. The lowest BCUT2D eigenvalue weighted by atomic mass is 10.1. The zero-order chi connectivity index (χ0) is 17.6. The van der Waals surface area contributed by atoms with Gasteiger partial charge in [0.25, 0.3) is 0 Å². The third-order valence-corrected chi connectivity index (χ3v) is 4.82. The van der Waals surface area contributed by atoms with Crippen molar-refractivity contribution in [3.63, 3.8) is 0 Å². The molecule has 2 heterocycles. The average molecular weight is 344 g/mol. The molecule has 4 heteroatoms. The predicted octanol–water partition coefficient (Wildman–Crippen LogP) is 4.28. The minimum atomic E-state index is 0.826. The van der Waals surface area contributed by atoms with E-state index in [-0.39, 0.29) is 0 Å². The van der Waals surface area contributed by atoms with Gasteiger partial charge < -0.3 is 9.80 Å². The Morgan fingerprint density at radius 2 is 1.35 bits per heavy atom. The predicted molar refractivity (Wildman–Crippen MR) is 106 cm³/mol. The fraction of sp³-hybridized carbons (Fsp3) is 0.273. The Kier molecular flexibility index (Phi) is 5.10. The molecule has 0 unspecified atom stereocenters. The van der Waals surface area contributed by atoms with Crippen LogP contribution in [0.1, 0.15) is 24.0 Å². The third-order valence-electron chi connectivity index (χ3n) is 4.82. The van der Waals surface area contributed by atoms with Gasteiger partial charge in [0.1, 0.15) is 18.0 Å². The Morgan fingerprint density at radius 3 is 1.92 bits per heavy atom. The molecule has 0 radical (unpaired) electrons. The number of anilines is 2. The number of hydrogen-bond acceptors (Lipinski definition) is 4. The fourth-order valence-corrected chi connectivity index (χ4v) is 3.45. The van der Waals surface area contributed by atoms with Crippen LogP contribution in [0.5, 0.6) is 0 Å². The van der Waals surface area contributed by atoms with Crippen molar-refractivity contribution in [2.75, 3.05) is 22.9 Å². The minimum Gasteiger partial charge on any atom is -0.356 e. The van der Waals surface area contributed by atoms with Crippen LogP contribution in [0.4, 0.5) is 11.6 Å². The van der Waals surface area contributed by atoms with Crippen molar-refractivity contribution in [1.29, 1.82) is 0 Å². The van der Waals surface area contributed by atoms with E-state index in [0.717, 1.165) is 37.8 Å². The third kappa shape index (κ3) is 4.02. The molecule has 2 aromatic carbocycles. The highest BCUT2D eigenvalue weighted by Gasteiger charge is 2.16. The van der Waals surface area contributed by atoms with Crippen LogP contribution >= 0.6 is 0 Å². The topological polar surface area (TPSA) is 32.3 Å². The SMILES string of the molecule is c1ccc(CN(Cc2ccccc2)c2cc(N3CCCC3)ncn2)cc1. The van der Waals surface area contributed by atoms with E-state index in [9.17, 15) is 0 Å². The van der Waals surface area contributed by atoms with Crippen LogP contribution in [0.25, 0.3) is 0 Å². The molecule has 3 aromatic rings. The molecule has 0 N–H and O–H groups in total. The van der Waals surface area contributed by atoms with Gasteiger partial charge in [0.2, 0.25) is 0 Å². The van der Waals surface area contributed by atoms with Crippen LogP contribution in [0.3, 0.4) is 0 Å². The lowest BCUT2D eigenvalue weighted by Gasteiger charge is -2.25. The van der Waals surface area contributed by atoms with Crippen LogP contribution in [-0.2, 0) is 13.1 Å². The van der Waals surface area contributed by atoms with E-state index in [1.54, 1.807) is 6.33 Å². The normalized spacial score (nSPS) is 13.8.